The van der Waals surface area contributed by atoms with Crippen LogP contribution in [0.25, 0.3) is 0 Å². The molecular formula is C13H20N2S. The molecule has 0 aliphatic heterocycles. The van der Waals surface area contributed by atoms with E-state index in [-0.39, 0.29) is 0 Å². The average molecular weight is 236 g/mol. The summed E-state index contributed by atoms with van der Waals surface area (Å²) in [5, 5.41) is 4.14. The highest BCUT2D eigenvalue weighted by molar-refractivity contribution is 7.99. The summed E-state index contributed by atoms with van der Waals surface area (Å²) in [5.41, 5.74) is 2.76. The summed E-state index contributed by atoms with van der Waals surface area (Å²) >= 11 is 1.92. The molecule has 0 amide bonds. The minimum atomic E-state index is 0.724. The number of rotatable bonds is 5. The number of fused-ring (bicyclic) bond motifs is 1. The van der Waals surface area contributed by atoms with Gasteiger partial charge in [0.15, 0.2) is 0 Å². The van der Waals surface area contributed by atoms with Gasteiger partial charge in [0.1, 0.15) is 5.82 Å². The predicted molar refractivity (Wildman–Crippen MR) is 72.3 cm³/mol. The molecule has 0 saturated carbocycles. The maximum atomic E-state index is 4.66. The maximum absolute atomic E-state index is 4.66. The summed E-state index contributed by atoms with van der Waals surface area (Å²) in [6.45, 7) is 3.29. The lowest BCUT2D eigenvalue weighted by Crippen LogP contribution is -2.09. The molecule has 0 saturated heterocycles. The first-order chi connectivity index (χ1) is 7.79. The predicted octanol–water partition coefficient (Wildman–Crippen LogP) is 3.12. The van der Waals surface area contributed by atoms with Crippen LogP contribution in [0, 0.1) is 0 Å². The van der Waals surface area contributed by atoms with E-state index in [4.69, 9.17) is 0 Å². The molecule has 1 atom stereocenters. The Morgan fingerprint density at radius 2 is 2.31 bits per heavy atom. The molecular weight excluding hydrogens is 216 g/mol. The SMILES string of the molecule is CSC(C)CCNc1ccc2c(n1)CCC2. The van der Waals surface area contributed by atoms with Crippen molar-refractivity contribution in [2.45, 2.75) is 37.9 Å². The minimum absolute atomic E-state index is 0.724. The second kappa shape index (κ2) is 5.58. The molecule has 16 heavy (non-hydrogen) atoms. The number of hydrogen-bond donors (Lipinski definition) is 1. The molecule has 1 aliphatic rings. The Morgan fingerprint density at radius 3 is 3.12 bits per heavy atom. The lowest BCUT2D eigenvalue weighted by Gasteiger charge is -2.10. The van der Waals surface area contributed by atoms with Crippen LogP contribution in [0.1, 0.15) is 31.0 Å². The Labute approximate surface area is 102 Å². The Balaban J connectivity index is 1.86. The smallest absolute Gasteiger partial charge is 0.126 e. The van der Waals surface area contributed by atoms with Crippen molar-refractivity contribution < 1.29 is 0 Å². The molecule has 3 heteroatoms. The van der Waals surface area contributed by atoms with Gasteiger partial charge in [-0.2, -0.15) is 11.8 Å². The van der Waals surface area contributed by atoms with Crippen LogP contribution in [-0.4, -0.2) is 23.0 Å². The molecule has 1 N–H and O–H groups in total. The number of nitrogens with zero attached hydrogens (tertiary/aromatic N) is 1. The van der Waals surface area contributed by atoms with E-state index in [1.165, 1.54) is 30.5 Å². The first kappa shape index (κ1) is 11.8. The fraction of sp³-hybridized carbons (Fsp3) is 0.615. The molecule has 1 aliphatic carbocycles. The van der Waals surface area contributed by atoms with Crippen LogP contribution in [0.5, 0.6) is 0 Å². The highest BCUT2D eigenvalue weighted by Gasteiger charge is 2.12. The van der Waals surface area contributed by atoms with Crippen molar-refractivity contribution in [3.05, 3.63) is 23.4 Å². The molecule has 1 aromatic rings. The standard InChI is InChI=1S/C13H20N2S/c1-10(16-2)8-9-14-13-7-6-11-4-3-5-12(11)15-13/h6-7,10H,3-5,8-9H2,1-2H3,(H,14,15). The van der Waals surface area contributed by atoms with Crippen molar-refractivity contribution in [3.63, 3.8) is 0 Å². The van der Waals surface area contributed by atoms with E-state index in [2.05, 4.69) is 35.6 Å². The average Bonchev–Trinajstić information content (AvgIpc) is 2.76. The summed E-state index contributed by atoms with van der Waals surface area (Å²) < 4.78 is 0. The highest BCUT2D eigenvalue weighted by atomic mass is 32.2. The summed E-state index contributed by atoms with van der Waals surface area (Å²) in [6, 6.07) is 4.35. The second-order valence-corrected chi connectivity index (χ2v) is 5.69. The van der Waals surface area contributed by atoms with Crippen LogP contribution >= 0.6 is 11.8 Å². The van der Waals surface area contributed by atoms with Gasteiger partial charge in [-0.15, -0.1) is 0 Å². The zero-order valence-electron chi connectivity index (χ0n) is 10.1. The third kappa shape index (κ3) is 2.91. The molecule has 1 aromatic heterocycles. The summed E-state index contributed by atoms with van der Waals surface area (Å²) in [4.78, 5) is 4.66. The second-order valence-electron chi connectivity index (χ2n) is 4.42. The number of pyridine rings is 1. The van der Waals surface area contributed by atoms with Gasteiger partial charge in [0, 0.05) is 17.5 Å². The number of anilines is 1. The zero-order chi connectivity index (χ0) is 11.4. The van der Waals surface area contributed by atoms with Gasteiger partial charge >= 0.3 is 0 Å². The molecule has 2 rings (SSSR count). The quantitative estimate of drug-likeness (QED) is 0.850. The van der Waals surface area contributed by atoms with Crippen molar-refractivity contribution in [2.75, 3.05) is 18.1 Å². The van der Waals surface area contributed by atoms with Crippen LogP contribution in [0.4, 0.5) is 5.82 Å². The Morgan fingerprint density at radius 1 is 1.44 bits per heavy atom. The lowest BCUT2D eigenvalue weighted by atomic mass is 10.2. The molecule has 0 aromatic carbocycles. The zero-order valence-corrected chi connectivity index (χ0v) is 10.9. The Kier molecular flexibility index (Phi) is 4.10. The van der Waals surface area contributed by atoms with E-state index in [9.17, 15) is 0 Å². The van der Waals surface area contributed by atoms with E-state index < -0.39 is 0 Å². The monoisotopic (exact) mass is 236 g/mol. The van der Waals surface area contributed by atoms with E-state index in [1.807, 2.05) is 11.8 Å². The van der Waals surface area contributed by atoms with Gasteiger partial charge in [-0.3, -0.25) is 0 Å². The number of aryl methyl sites for hydroxylation is 2. The van der Waals surface area contributed by atoms with E-state index in [0.29, 0.717) is 0 Å². The number of aromatic nitrogens is 1. The molecule has 0 spiro atoms. The normalized spacial score (nSPS) is 15.9. The topological polar surface area (TPSA) is 24.9 Å². The molecule has 2 nitrogen and oxygen atoms in total. The van der Waals surface area contributed by atoms with Crippen molar-refractivity contribution >= 4 is 17.6 Å². The number of thioether (sulfide) groups is 1. The fourth-order valence-corrected chi connectivity index (χ4v) is 2.39. The third-order valence-corrected chi connectivity index (χ3v) is 4.23. The maximum Gasteiger partial charge on any atom is 0.126 e. The molecule has 1 heterocycles. The van der Waals surface area contributed by atoms with Crippen molar-refractivity contribution in [1.82, 2.24) is 4.98 Å². The first-order valence-corrected chi connectivity index (χ1v) is 7.34. The van der Waals surface area contributed by atoms with Gasteiger partial charge in [-0.1, -0.05) is 13.0 Å². The molecule has 0 fully saturated rings. The van der Waals surface area contributed by atoms with Gasteiger partial charge in [0.25, 0.3) is 0 Å². The summed E-state index contributed by atoms with van der Waals surface area (Å²) in [5.74, 6) is 1.05. The lowest BCUT2D eigenvalue weighted by molar-refractivity contribution is 0.847. The van der Waals surface area contributed by atoms with Crippen LogP contribution in [-0.2, 0) is 12.8 Å². The van der Waals surface area contributed by atoms with Crippen LogP contribution < -0.4 is 5.32 Å². The minimum Gasteiger partial charge on any atom is -0.370 e. The van der Waals surface area contributed by atoms with Gasteiger partial charge in [0.2, 0.25) is 0 Å². The van der Waals surface area contributed by atoms with Crippen molar-refractivity contribution in [2.24, 2.45) is 0 Å². The Bertz CT molecular complexity index is 352. The highest BCUT2D eigenvalue weighted by Crippen LogP contribution is 2.21. The third-order valence-electron chi connectivity index (χ3n) is 3.19. The van der Waals surface area contributed by atoms with E-state index in [0.717, 1.165) is 24.0 Å². The van der Waals surface area contributed by atoms with E-state index >= 15 is 0 Å². The van der Waals surface area contributed by atoms with Gasteiger partial charge in [-0.05, 0) is 43.6 Å². The van der Waals surface area contributed by atoms with Gasteiger partial charge in [0.05, 0.1) is 0 Å². The summed E-state index contributed by atoms with van der Waals surface area (Å²) in [6.07, 6.45) is 7.01. The number of hydrogen-bond acceptors (Lipinski definition) is 3. The Hall–Kier alpha value is -0.700. The fourth-order valence-electron chi connectivity index (χ4n) is 2.04. The van der Waals surface area contributed by atoms with Gasteiger partial charge < -0.3 is 5.32 Å². The van der Waals surface area contributed by atoms with Crippen molar-refractivity contribution in [3.8, 4) is 0 Å². The molecule has 88 valence electrons. The van der Waals surface area contributed by atoms with Gasteiger partial charge in [-0.25, -0.2) is 4.98 Å². The largest absolute Gasteiger partial charge is 0.370 e. The first-order valence-electron chi connectivity index (χ1n) is 6.05. The van der Waals surface area contributed by atoms with Crippen LogP contribution in [0.2, 0.25) is 0 Å². The van der Waals surface area contributed by atoms with Crippen LogP contribution in [0.3, 0.4) is 0 Å². The summed E-state index contributed by atoms with van der Waals surface area (Å²) in [7, 11) is 0. The molecule has 0 bridgehead atoms. The molecule has 1 unspecified atom stereocenters. The number of nitrogens with one attached hydrogen (secondary N) is 1. The molecule has 0 radical (unpaired) electrons. The van der Waals surface area contributed by atoms with Crippen molar-refractivity contribution in [1.29, 1.82) is 0 Å². The van der Waals surface area contributed by atoms with Crippen LogP contribution in [0.15, 0.2) is 12.1 Å². The van der Waals surface area contributed by atoms with E-state index in [1.54, 1.807) is 0 Å².